The van der Waals surface area contributed by atoms with Crippen LogP contribution in [0.1, 0.15) is 57.8 Å². The first-order valence-corrected chi connectivity index (χ1v) is 8.65. The van der Waals surface area contributed by atoms with Crippen LogP contribution < -0.4 is 5.32 Å². The SMILES string of the molecule is COC1CCCCC1NC1CC2CC1C1CCCC21. The van der Waals surface area contributed by atoms with Gasteiger partial charge in [-0.15, -0.1) is 0 Å². The van der Waals surface area contributed by atoms with Crippen molar-refractivity contribution in [3.63, 3.8) is 0 Å². The number of hydrogen-bond donors (Lipinski definition) is 1. The molecule has 4 fully saturated rings. The highest BCUT2D eigenvalue weighted by molar-refractivity contribution is 5.06. The van der Waals surface area contributed by atoms with E-state index >= 15 is 0 Å². The van der Waals surface area contributed by atoms with Crippen LogP contribution >= 0.6 is 0 Å². The van der Waals surface area contributed by atoms with E-state index < -0.39 is 0 Å². The molecule has 0 heterocycles. The Morgan fingerprint density at radius 1 is 0.789 bits per heavy atom. The molecule has 4 aliphatic rings. The molecule has 108 valence electrons. The molecule has 0 radical (unpaired) electrons. The van der Waals surface area contributed by atoms with Gasteiger partial charge in [-0.3, -0.25) is 0 Å². The molecule has 4 aliphatic carbocycles. The fourth-order valence-corrected chi connectivity index (χ4v) is 6.10. The third kappa shape index (κ3) is 2.06. The van der Waals surface area contributed by atoms with E-state index in [4.69, 9.17) is 4.74 Å². The third-order valence-corrected chi connectivity index (χ3v) is 6.86. The zero-order valence-corrected chi connectivity index (χ0v) is 12.3. The number of nitrogens with one attached hydrogen (secondary N) is 1. The summed E-state index contributed by atoms with van der Waals surface area (Å²) in [7, 11) is 1.90. The van der Waals surface area contributed by atoms with Gasteiger partial charge in [0.25, 0.3) is 0 Å². The fraction of sp³-hybridized carbons (Fsp3) is 1.00. The maximum absolute atomic E-state index is 5.72. The fourth-order valence-electron chi connectivity index (χ4n) is 6.10. The summed E-state index contributed by atoms with van der Waals surface area (Å²) >= 11 is 0. The Morgan fingerprint density at radius 2 is 1.63 bits per heavy atom. The van der Waals surface area contributed by atoms with Crippen molar-refractivity contribution in [3.8, 4) is 0 Å². The van der Waals surface area contributed by atoms with Crippen molar-refractivity contribution in [2.45, 2.75) is 76.0 Å². The number of ether oxygens (including phenoxy) is 1. The molecule has 2 nitrogen and oxygen atoms in total. The first-order valence-electron chi connectivity index (χ1n) is 8.65. The van der Waals surface area contributed by atoms with E-state index in [-0.39, 0.29) is 0 Å². The van der Waals surface area contributed by atoms with Gasteiger partial charge in [0.1, 0.15) is 0 Å². The Morgan fingerprint density at radius 3 is 2.53 bits per heavy atom. The van der Waals surface area contributed by atoms with Crippen molar-refractivity contribution in [2.75, 3.05) is 7.11 Å². The Labute approximate surface area is 117 Å². The minimum Gasteiger partial charge on any atom is -0.380 e. The van der Waals surface area contributed by atoms with Gasteiger partial charge in [-0.25, -0.2) is 0 Å². The first-order chi connectivity index (χ1) is 9.36. The minimum absolute atomic E-state index is 0.479. The highest BCUT2D eigenvalue weighted by Gasteiger charge is 2.54. The highest BCUT2D eigenvalue weighted by atomic mass is 16.5. The molecule has 0 amide bonds. The van der Waals surface area contributed by atoms with E-state index in [1.54, 1.807) is 6.42 Å². The average molecular weight is 263 g/mol. The molecule has 0 spiro atoms. The summed E-state index contributed by atoms with van der Waals surface area (Å²) in [5.41, 5.74) is 0. The standard InChI is InChI=1S/C17H29NO/c1-19-17-8-3-2-7-15(17)18-16-10-11-9-14(16)13-6-4-5-12(11)13/h11-18H,2-10H2,1H3. The van der Waals surface area contributed by atoms with Crippen LogP contribution in [0.4, 0.5) is 0 Å². The van der Waals surface area contributed by atoms with Crippen molar-refractivity contribution in [1.29, 1.82) is 0 Å². The summed E-state index contributed by atoms with van der Waals surface area (Å²) in [6.45, 7) is 0. The van der Waals surface area contributed by atoms with Gasteiger partial charge in [-0.1, -0.05) is 19.3 Å². The summed E-state index contributed by atoms with van der Waals surface area (Å²) in [6.07, 6.45) is 13.4. The summed E-state index contributed by atoms with van der Waals surface area (Å²) in [4.78, 5) is 0. The van der Waals surface area contributed by atoms with Crippen LogP contribution in [0.15, 0.2) is 0 Å². The van der Waals surface area contributed by atoms with Gasteiger partial charge in [0.2, 0.25) is 0 Å². The molecule has 0 aromatic heterocycles. The maximum atomic E-state index is 5.72. The van der Waals surface area contributed by atoms with Crippen LogP contribution in [0.2, 0.25) is 0 Å². The smallest absolute Gasteiger partial charge is 0.0724 e. The van der Waals surface area contributed by atoms with Gasteiger partial charge in [0.15, 0.2) is 0 Å². The normalized spacial score (nSPS) is 52.6. The van der Waals surface area contributed by atoms with Gasteiger partial charge in [-0.2, -0.15) is 0 Å². The van der Waals surface area contributed by atoms with Crippen molar-refractivity contribution >= 4 is 0 Å². The molecule has 1 N–H and O–H groups in total. The van der Waals surface area contributed by atoms with Crippen LogP contribution in [0.3, 0.4) is 0 Å². The molecule has 4 rings (SSSR count). The van der Waals surface area contributed by atoms with E-state index in [0.29, 0.717) is 12.1 Å². The molecule has 0 aromatic carbocycles. The topological polar surface area (TPSA) is 21.3 Å². The van der Waals surface area contributed by atoms with Crippen molar-refractivity contribution < 1.29 is 4.74 Å². The Hall–Kier alpha value is -0.0800. The predicted octanol–water partition coefficient (Wildman–Crippen LogP) is 3.36. The van der Waals surface area contributed by atoms with Crippen LogP contribution in [0.25, 0.3) is 0 Å². The second-order valence-electron chi connectivity index (χ2n) is 7.59. The Kier molecular flexibility index (Phi) is 3.35. The lowest BCUT2D eigenvalue weighted by Crippen LogP contribution is -2.51. The molecule has 2 heteroatoms. The molecule has 19 heavy (non-hydrogen) atoms. The van der Waals surface area contributed by atoms with Crippen molar-refractivity contribution in [1.82, 2.24) is 5.32 Å². The van der Waals surface area contributed by atoms with E-state index in [9.17, 15) is 0 Å². The zero-order valence-electron chi connectivity index (χ0n) is 12.3. The summed E-state index contributed by atoms with van der Waals surface area (Å²) < 4.78 is 5.72. The van der Waals surface area contributed by atoms with E-state index in [0.717, 1.165) is 29.7 Å². The quantitative estimate of drug-likeness (QED) is 0.843. The van der Waals surface area contributed by atoms with Crippen LogP contribution in [-0.4, -0.2) is 25.3 Å². The lowest BCUT2D eigenvalue weighted by Gasteiger charge is -2.38. The third-order valence-electron chi connectivity index (χ3n) is 6.86. The van der Waals surface area contributed by atoms with Crippen molar-refractivity contribution in [3.05, 3.63) is 0 Å². The monoisotopic (exact) mass is 263 g/mol. The lowest BCUT2D eigenvalue weighted by atomic mass is 9.78. The van der Waals surface area contributed by atoms with Gasteiger partial charge in [0, 0.05) is 19.2 Å². The molecule has 7 unspecified atom stereocenters. The molecule has 0 saturated heterocycles. The summed E-state index contributed by atoms with van der Waals surface area (Å²) in [5.74, 6) is 4.28. The molecule has 7 atom stereocenters. The Bertz CT molecular complexity index is 331. The van der Waals surface area contributed by atoms with Gasteiger partial charge >= 0.3 is 0 Å². The van der Waals surface area contributed by atoms with Gasteiger partial charge < -0.3 is 10.1 Å². The van der Waals surface area contributed by atoms with Gasteiger partial charge in [0.05, 0.1) is 6.10 Å². The highest BCUT2D eigenvalue weighted by Crippen LogP contribution is 2.58. The minimum atomic E-state index is 0.479. The average Bonchev–Trinajstić information content (AvgIpc) is 3.11. The second-order valence-corrected chi connectivity index (χ2v) is 7.59. The molecular formula is C17H29NO. The molecule has 2 bridgehead atoms. The predicted molar refractivity (Wildman–Crippen MR) is 77.0 cm³/mol. The van der Waals surface area contributed by atoms with E-state index in [1.807, 2.05) is 7.11 Å². The molecule has 4 saturated carbocycles. The zero-order chi connectivity index (χ0) is 12.8. The lowest BCUT2D eigenvalue weighted by molar-refractivity contribution is 0.0315. The van der Waals surface area contributed by atoms with E-state index in [2.05, 4.69) is 5.32 Å². The van der Waals surface area contributed by atoms with Crippen molar-refractivity contribution in [2.24, 2.45) is 23.7 Å². The summed E-state index contributed by atoms with van der Waals surface area (Å²) in [6, 6.07) is 1.47. The van der Waals surface area contributed by atoms with Crippen LogP contribution in [0, 0.1) is 23.7 Å². The van der Waals surface area contributed by atoms with Gasteiger partial charge in [-0.05, 0) is 62.2 Å². The maximum Gasteiger partial charge on any atom is 0.0724 e. The number of methoxy groups -OCH3 is 1. The molecule has 0 aromatic rings. The number of hydrogen-bond acceptors (Lipinski definition) is 2. The van der Waals surface area contributed by atoms with Crippen LogP contribution in [0.5, 0.6) is 0 Å². The first kappa shape index (κ1) is 12.6. The van der Waals surface area contributed by atoms with Crippen LogP contribution in [-0.2, 0) is 4.74 Å². The number of fused-ring (bicyclic) bond motifs is 5. The molecular weight excluding hydrogens is 234 g/mol. The largest absolute Gasteiger partial charge is 0.380 e. The number of rotatable bonds is 3. The molecule has 0 aliphatic heterocycles. The summed E-state index contributed by atoms with van der Waals surface area (Å²) in [5, 5.41) is 4.04. The second kappa shape index (κ2) is 5.04. The Balaban J connectivity index is 1.41. The van der Waals surface area contributed by atoms with E-state index in [1.165, 1.54) is 51.4 Å².